The number of aliphatic carboxylic acids is 1. The third-order valence-corrected chi connectivity index (χ3v) is 6.78. The van der Waals surface area contributed by atoms with Crippen LogP contribution >= 0.6 is 0 Å². The molecule has 2 heterocycles. The number of hydrogen-bond donors (Lipinski definition) is 4. The van der Waals surface area contributed by atoms with Crippen LogP contribution in [0.3, 0.4) is 0 Å². The summed E-state index contributed by atoms with van der Waals surface area (Å²) in [4.78, 5) is 32.3. The molecular formula is C30H32FN3O5. The lowest BCUT2D eigenvalue weighted by Gasteiger charge is -2.22. The summed E-state index contributed by atoms with van der Waals surface area (Å²) in [5.41, 5.74) is 12.0. The van der Waals surface area contributed by atoms with Gasteiger partial charge in [0.25, 0.3) is 5.91 Å². The Hall–Kier alpha value is -3.95. The summed E-state index contributed by atoms with van der Waals surface area (Å²) < 4.78 is 13.9. The number of halogens is 1. The first-order chi connectivity index (χ1) is 18.5. The maximum absolute atomic E-state index is 13.9. The van der Waals surface area contributed by atoms with Crippen LogP contribution in [0.2, 0.25) is 0 Å². The molecule has 2 atom stereocenters. The van der Waals surface area contributed by atoms with Crippen molar-refractivity contribution in [2.24, 2.45) is 5.73 Å². The highest BCUT2D eigenvalue weighted by Gasteiger charge is 2.26. The molecule has 9 heteroatoms. The zero-order valence-electron chi connectivity index (χ0n) is 21.9. The van der Waals surface area contributed by atoms with Gasteiger partial charge in [0, 0.05) is 17.5 Å². The van der Waals surface area contributed by atoms with Crippen molar-refractivity contribution >= 4 is 18.0 Å². The number of aromatic nitrogens is 2. The number of fused-ring (bicyclic) bond motifs is 3. The topological polar surface area (TPSA) is 147 Å². The normalized spacial score (nSPS) is 14.5. The van der Waals surface area contributed by atoms with Crippen molar-refractivity contribution in [3.05, 3.63) is 76.5 Å². The summed E-state index contributed by atoms with van der Waals surface area (Å²) in [7, 11) is 0. The monoisotopic (exact) mass is 533 g/mol. The fraction of sp³-hybridized carbons (Fsp3) is 0.333. The van der Waals surface area contributed by atoms with Crippen molar-refractivity contribution in [3.63, 3.8) is 0 Å². The van der Waals surface area contributed by atoms with E-state index in [0.29, 0.717) is 12.8 Å². The molecule has 39 heavy (non-hydrogen) atoms. The quantitative estimate of drug-likeness (QED) is 0.321. The third kappa shape index (κ3) is 6.38. The van der Waals surface area contributed by atoms with E-state index in [4.69, 9.17) is 15.8 Å². The van der Waals surface area contributed by atoms with Gasteiger partial charge in [-0.2, -0.15) is 0 Å². The van der Waals surface area contributed by atoms with E-state index in [0.717, 1.165) is 51.3 Å². The Labute approximate surface area is 226 Å². The number of nitrogens with zero attached hydrogens (tertiary/aromatic N) is 2. The number of rotatable bonds is 9. The van der Waals surface area contributed by atoms with Gasteiger partial charge in [0.2, 0.25) is 0 Å². The molecule has 4 rings (SSSR count). The standard InChI is InChI=1S/C30H32FN3O5/c1-16(2)28-23(11-10-19(35)14-20(36)15-26(37)38)27(17-6-8-18(31)9-7-17)22-4-3-5-24-21(29(22)34-28)12-13-25(33-24)30(32)39/h6-13,16,19-20,35-36H,3-5,14-15H2,1-2H3,(H2,32,39)(H,37,38)/b11-10+/t19-,20-/m1/s1. The largest absolute Gasteiger partial charge is 0.481 e. The molecule has 3 aromatic rings. The first kappa shape index (κ1) is 28.1. The predicted molar refractivity (Wildman–Crippen MR) is 145 cm³/mol. The van der Waals surface area contributed by atoms with Crippen LogP contribution in [0, 0.1) is 5.82 Å². The molecule has 0 bridgehead atoms. The van der Waals surface area contributed by atoms with Crippen LogP contribution in [0.4, 0.5) is 4.39 Å². The first-order valence-corrected chi connectivity index (χ1v) is 12.9. The van der Waals surface area contributed by atoms with Gasteiger partial charge < -0.3 is 21.1 Å². The second-order valence-electron chi connectivity index (χ2n) is 10.1. The number of hydrogen-bond acceptors (Lipinski definition) is 6. The number of nitrogens with two attached hydrogens (primary N) is 1. The van der Waals surface area contributed by atoms with Crippen LogP contribution in [-0.2, 0) is 17.6 Å². The van der Waals surface area contributed by atoms with Crippen LogP contribution in [-0.4, -0.2) is 49.4 Å². The number of benzene rings is 1. The van der Waals surface area contributed by atoms with E-state index in [2.05, 4.69) is 4.98 Å². The van der Waals surface area contributed by atoms with Gasteiger partial charge in [-0.3, -0.25) is 14.6 Å². The van der Waals surface area contributed by atoms with Gasteiger partial charge in [0.15, 0.2) is 0 Å². The number of pyridine rings is 2. The van der Waals surface area contributed by atoms with Gasteiger partial charge >= 0.3 is 5.97 Å². The molecule has 0 radical (unpaired) electrons. The Kier molecular flexibility index (Phi) is 8.52. The number of aliphatic hydroxyl groups is 2. The summed E-state index contributed by atoms with van der Waals surface area (Å²) in [5, 5.41) is 29.4. The number of carboxylic acid groups (broad SMARTS) is 1. The number of carbonyl (C=O) groups excluding carboxylic acids is 1. The molecule has 0 fully saturated rings. The fourth-order valence-corrected chi connectivity index (χ4v) is 5.01. The molecule has 0 unspecified atom stereocenters. The van der Waals surface area contributed by atoms with Crippen LogP contribution < -0.4 is 5.73 Å². The molecule has 0 aliphatic heterocycles. The smallest absolute Gasteiger partial charge is 0.305 e. The first-order valence-electron chi connectivity index (χ1n) is 12.9. The Morgan fingerprint density at radius 2 is 1.79 bits per heavy atom. The molecular weight excluding hydrogens is 501 g/mol. The maximum atomic E-state index is 13.9. The Bertz CT molecular complexity index is 1420. The van der Waals surface area contributed by atoms with Crippen molar-refractivity contribution < 1.29 is 29.3 Å². The highest BCUT2D eigenvalue weighted by atomic mass is 19.1. The zero-order valence-corrected chi connectivity index (χ0v) is 21.9. The van der Waals surface area contributed by atoms with E-state index in [-0.39, 0.29) is 23.8 Å². The van der Waals surface area contributed by atoms with E-state index < -0.39 is 30.5 Å². The summed E-state index contributed by atoms with van der Waals surface area (Å²) in [6.45, 7) is 4.00. The number of carbonyl (C=O) groups is 2. The molecule has 1 aliphatic carbocycles. The summed E-state index contributed by atoms with van der Waals surface area (Å²) in [6, 6.07) is 9.62. The second kappa shape index (κ2) is 11.8. The molecule has 1 aliphatic rings. The average molecular weight is 534 g/mol. The van der Waals surface area contributed by atoms with E-state index in [1.807, 2.05) is 19.9 Å². The molecule has 0 spiro atoms. The van der Waals surface area contributed by atoms with Gasteiger partial charge in [-0.1, -0.05) is 38.1 Å². The molecule has 0 saturated heterocycles. The van der Waals surface area contributed by atoms with Crippen molar-refractivity contribution in [1.29, 1.82) is 0 Å². The minimum atomic E-state index is -1.19. The van der Waals surface area contributed by atoms with Gasteiger partial charge in [0.1, 0.15) is 11.5 Å². The molecule has 8 nitrogen and oxygen atoms in total. The van der Waals surface area contributed by atoms with Crippen LogP contribution in [0.25, 0.3) is 28.5 Å². The van der Waals surface area contributed by atoms with Gasteiger partial charge in [0.05, 0.1) is 35.7 Å². The van der Waals surface area contributed by atoms with Crippen molar-refractivity contribution in [3.8, 4) is 22.4 Å². The van der Waals surface area contributed by atoms with E-state index in [1.165, 1.54) is 18.2 Å². The van der Waals surface area contributed by atoms with Crippen molar-refractivity contribution in [2.45, 2.75) is 64.1 Å². The van der Waals surface area contributed by atoms with Crippen molar-refractivity contribution in [1.82, 2.24) is 9.97 Å². The SMILES string of the molecule is CC(C)c1nc2c(c(-c3ccc(F)cc3)c1/C=C/[C@@H](O)C[C@@H](O)CC(=O)O)CCCc1nc(C(N)=O)ccc1-2. The molecule has 5 N–H and O–H groups in total. The van der Waals surface area contributed by atoms with Crippen LogP contribution in [0.1, 0.15) is 72.0 Å². The lowest BCUT2D eigenvalue weighted by Crippen LogP contribution is -2.19. The number of aliphatic hydroxyl groups excluding tert-OH is 2. The Morgan fingerprint density at radius 3 is 2.44 bits per heavy atom. The Morgan fingerprint density at radius 1 is 1.08 bits per heavy atom. The van der Waals surface area contributed by atoms with E-state index in [1.54, 1.807) is 24.3 Å². The van der Waals surface area contributed by atoms with E-state index in [9.17, 15) is 24.2 Å². The number of aryl methyl sites for hydroxylation is 1. The lowest BCUT2D eigenvalue weighted by atomic mass is 9.86. The van der Waals surface area contributed by atoms with Gasteiger partial charge in [-0.25, -0.2) is 9.37 Å². The minimum Gasteiger partial charge on any atom is -0.481 e. The van der Waals surface area contributed by atoms with E-state index >= 15 is 0 Å². The zero-order chi connectivity index (χ0) is 28.3. The summed E-state index contributed by atoms with van der Waals surface area (Å²) in [6.07, 6.45) is 2.41. The minimum absolute atomic E-state index is 0.0338. The molecule has 1 aromatic carbocycles. The van der Waals surface area contributed by atoms with Crippen LogP contribution in [0.15, 0.2) is 42.5 Å². The lowest BCUT2D eigenvalue weighted by molar-refractivity contribution is -0.139. The fourth-order valence-electron chi connectivity index (χ4n) is 5.01. The van der Waals surface area contributed by atoms with Gasteiger partial charge in [-0.05, 0) is 66.1 Å². The van der Waals surface area contributed by atoms with Crippen molar-refractivity contribution in [2.75, 3.05) is 0 Å². The summed E-state index contributed by atoms with van der Waals surface area (Å²) in [5.74, 6) is -2.14. The summed E-state index contributed by atoms with van der Waals surface area (Å²) >= 11 is 0. The molecule has 2 aromatic heterocycles. The third-order valence-electron chi connectivity index (χ3n) is 6.78. The second-order valence-corrected chi connectivity index (χ2v) is 10.1. The highest BCUT2D eigenvalue weighted by molar-refractivity contribution is 5.92. The molecule has 0 saturated carbocycles. The molecule has 204 valence electrons. The predicted octanol–water partition coefficient (Wildman–Crippen LogP) is 4.26. The number of primary amides is 1. The maximum Gasteiger partial charge on any atom is 0.305 e. The average Bonchev–Trinajstić information content (AvgIpc) is 3.05. The van der Waals surface area contributed by atoms with Gasteiger partial charge in [-0.15, -0.1) is 0 Å². The van der Waals surface area contributed by atoms with Crippen LogP contribution in [0.5, 0.6) is 0 Å². The highest BCUT2D eigenvalue weighted by Crippen LogP contribution is 2.41. The number of amides is 1. The number of carboxylic acids is 1. The molecule has 1 amide bonds. The Balaban J connectivity index is 1.92.